The van der Waals surface area contributed by atoms with Gasteiger partial charge in [0.15, 0.2) is 0 Å². The molecule has 0 bridgehead atoms. The molecule has 0 saturated carbocycles. The average molecular weight is 621 g/mol. The average Bonchev–Trinajstić information content (AvgIpc) is 3.52. The maximum absolute atomic E-state index is 5.37. The highest BCUT2D eigenvalue weighted by Crippen LogP contribution is 2.46. The van der Waals surface area contributed by atoms with Crippen LogP contribution in [0, 0.1) is 0 Å². The molecule has 0 spiro atoms. The highest BCUT2D eigenvalue weighted by Gasteiger charge is 2.26. The van der Waals surface area contributed by atoms with E-state index in [9.17, 15) is 0 Å². The summed E-state index contributed by atoms with van der Waals surface area (Å²) in [7, 11) is 0. The van der Waals surface area contributed by atoms with Gasteiger partial charge < -0.3 is 0 Å². The molecule has 0 saturated heterocycles. The first-order valence-corrected chi connectivity index (χ1v) is 16.9. The molecule has 9 aromatic carbocycles. The Hall–Kier alpha value is -6.51. The Morgan fingerprint density at radius 3 is 1.65 bits per heavy atom. The van der Waals surface area contributed by atoms with Crippen LogP contribution < -0.4 is 0 Å². The first-order chi connectivity index (χ1) is 24.3. The quantitative estimate of drug-likeness (QED) is 0.176. The fourth-order valence-corrected chi connectivity index (χ4v) is 8.28. The van der Waals surface area contributed by atoms with E-state index >= 15 is 0 Å². The maximum atomic E-state index is 5.37. The Kier molecular flexibility index (Phi) is 5.42. The normalized spacial score (nSPS) is 12.1. The van der Waals surface area contributed by atoms with Crippen molar-refractivity contribution in [1.82, 2.24) is 9.55 Å². The topological polar surface area (TPSA) is 17.8 Å². The second-order valence-corrected chi connectivity index (χ2v) is 13.1. The lowest BCUT2D eigenvalue weighted by Gasteiger charge is -2.16. The molecule has 0 N–H and O–H groups in total. The van der Waals surface area contributed by atoms with E-state index in [-0.39, 0.29) is 0 Å². The number of aromatic nitrogens is 2. The van der Waals surface area contributed by atoms with E-state index in [1.807, 2.05) is 0 Å². The van der Waals surface area contributed by atoms with Crippen LogP contribution in [0.3, 0.4) is 0 Å². The van der Waals surface area contributed by atoms with Gasteiger partial charge in [0.1, 0.15) is 5.82 Å². The summed E-state index contributed by atoms with van der Waals surface area (Å²) in [4.78, 5) is 5.37. The molecule has 0 unspecified atom stereocenters. The molecule has 0 radical (unpaired) electrons. The smallest absolute Gasteiger partial charge is 0.145 e. The summed E-state index contributed by atoms with van der Waals surface area (Å²) in [6, 6.07) is 62.1. The third-order valence-electron chi connectivity index (χ3n) is 10.5. The summed E-state index contributed by atoms with van der Waals surface area (Å²) in [5.41, 5.74) is 11.7. The monoisotopic (exact) mass is 620 g/mol. The second kappa shape index (κ2) is 10.00. The van der Waals surface area contributed by atoms with Crippen LogP contribution >= 0.6 is 0 Å². The van der Waals surface area contributed by atoms with Gasteiger partial charge in [-0.15, -0.1) is 0 Å². The molecule has 0 amide bonds. The molecular weight excluding hydrogens is 593 g/mol. The molecule has 226 valence electrons. The predicted octanol–water partition coefficient (Wildman–Crippen LogP) is 12.6. The van der Waals surface area contributed by atoms with Crippen LogP contribution in [0.15, 0.2) is 170 Å². The minimum Gasteiger partial charge on any atom is -0.291 e. The van der Waals surface area contributed by atoms with E-state index in [1.165, 1.54) is 76.5 Å². The fraction of sp³-hybridized carbons (Fsp3) is 0. The Morgan fingerprint density at radius 1 is 0.347 bits per heavy atom. The van der Waals surface area contributed by atoms with Gasteiger partial charge in [-0.2, -0.15) is 0 Å². The maximum Gasteiger partial charge on any atom is 0.145 e. The van der Waals surface area contributed by atoms with E-state index in [4.69, 9.17) is 4.98 Å². The number of hydrogen-bond acceptors (Lipinski definition) is 1. The molecule has 11 rings (SSSR count). The third kappa shape index (κ3) is 3.80. The van der Waals surface area contributed by atoms with Gasteiger partial charge in [0.25, 0.3) is 0 Å². The Bertz CT molecular complexity index is 2960. The summed E-state index contributed by atoms with van der Waals surface area (Å²) in [6.07, 6.45) is 0. The van der Waals surface area contributed by atoms with Crippen LogP contribution in [-0.4, -0.2) is 9.55 Å². The van der Waals surface area contributed by atoms with Gasteiger partial charge in [-0.25, -0.2) is 4.98 Å². The summed E-state index contributed by atoms with van der Waals surface area (Å²) in [5, 5.41) is 10.2. The van der Waals surface area contributed by atoms with Crippen LogP contribution in [0.25, 0.3) is 105 Å². The number of benzene rings is 9. The zero-order chi connectivity index (χ0) is 32.1. The number of rotatable bonds is 2. The molecule has 1 aliphatic rings. The zero-order valence-electron chi connectivity index (χ0n) is 26.6. The number of imidazole rings is 1. The molecule has 2 nitrogen and oxygen atoms in total. The van der Waals surface area contributed by atoms with Crippen molar-refractivity contribution in [2.45, 2.75) is 0 Å². The largest absolute Gasteiger partial charge is 0.291 e. The standard InChI is InChI=1S/C47H28N2/c1-2-12-31-28-45-43(27-30(31)11-1)39-20-8-6-18-37(39)41-21-10-22-44-46(41)49(45)47(48-44)33-14-9-13-29(25-33)32-23-24-40-36-17-4-3-15-34(36)35-16-5-7-19-38(35)42(40)26-32/h1-28H. The molecular formula is C47H28N2. The van der Waals surface area contributed by atoms with Gasteiger partial charge in [0.05, 0.1) is 16.7 Å². The van der Waals surface area contributed by atoms with Crippen molar-refractivity contribution in [3.8, 4) is 50.5 Å². The van der Waals surface area contributed by atoms with Crippen LogP contribution in [0.5, 0.6) is 0 Å². The SMILES string of the molecule is c1cc(-c2ccc3c4ccccc4c4ccccc4c3c2)cc(-c2nc3cccc4c3n2-c2cc3ccccc3cc2-c2ccccc2-4)c1. The van der Waals surface area contributed by atoms with Gasteiger partial charge >= 0.3 is 0 Å². The molecule has 1 aromatic heterocycles. The van der Waals surface area contributed by atoms with Crippen LogP contribution in [0.4, 0.5) is 0 Å². The summed E-state index contributed by atoms with van der Waals surface area (Å²) < 4.78 is 2.41. The highest BCUT2D eigenvalue weighted by atomic mass is 15.1. The first kappa shape index (κ1) is 26.5. The first-order valence-electron chi connectivity index (χ1n) is 16.9. The van der Waals surface area contributed by atoms with E-state index in [0.29, 0.717) is 0 Å². The number of para-hydroxylation sites is 1. The van der Waals surface area contributed by atoms with Crippen LogP contribution in [-0.2, 0) is 0 Å². The summed E-state index contributed by atoms with van der Waals surface area (Å²) >= 11 is 0. The molecule has 0 aliphatic carbocycles. The van der Waals surface area contributed by atoms with Crippen molar-refractivity contribution in [3.63, 3.8) is 0 Å². The van der Waals surface area contributed by atoms with Crippen molar-refractivity contribution in [2.75, 3.05) is 0 Å². The minimum absolute atomic E-state index is 0.950. The van der Waals surface area contributed by atoms with Crippen molar-refractivity contribution in [1.29, 1.82) is 0 Å². The molecule has 0 atom stereocenters. The molecule has 2 heterocycles. The summed E-state index contributed by atoms with van der Waals surface area (Å²) in [5.74, 6) is 0.950. The Labute approximate surface area is 283 Å². The Balaban J connectivity index is 1.17. The lowest BCUT2D eigenvalue weighted by Crippen LogP contribution is -2.00. The predicted molar refractivity (Wildman–Crippen MR) is 206 cm³/mol. The highest BCUT2D eigenvalue weighted by molar-refractivity contribution is 6.25. The number of hydrogen-bond donors (Lipinski definition) is 0. The minimum atomic E-state index is 0.950. The van der Waals surface area contributed by atoms with Crippen LogP contribution in [0.1, 0.15) is 0 Å². The number of fused-ring (bicyclic) bond motifs is 12. The van der Waals surface area contributed by atoms with Crippen molar-refractivity contribution in [3.05, 3.63) is 170 Å². The summed E-state index contributed by atoms with van der Waals surface area (Å²) in [6.45, 7) is 0. The zero-order valence-corrected chi connectivity index (χ0v) is 26.6. The van der Waals surface area contributed by atoms with Gasteiger partial charge in [-0.1, -0.05) is 140 Å². The van der Waals surface area contributed by atoms with Crippen LogP contribution in [0.2, 0.25) is 0 Å². The van der Waals surface area contributed by atoms with E-state index < -0.39 is 0 Å². The van der Waals surface area contributed by atoms with Crippen molar-refractivity contribution in [2.24, 2.45) is 0 Å². The van der Waals surface area contributed by atoms with E-state index in [0.717, 1.165) is 28.1 Å². The lowest BCUT2D eigenvalue weighted by atomic mass is 9.92. The van der Waals surface area contributed by atoms with Gasteiger partial charge in [0, 0.05) is 16.7 Å². The molecule has 2 heteroatoms. The van der Waals surface area contributed by atoms with Gasteiger partial charge in [-0.05, 0) is 95.7 Å². The van der Waals surface area contributed by atoms with Gasteiger partial charge in [-0.3, -0.25) is 4.57 Å². The third-order valence-corrected chi connectivity index (χ3v) is 10.5. The van der Waals surface area contributed by atoms with Crippen molar-refractivity contribution >= 4 is 54.1 Å². The Morgan fingerprint density at radius 2 is 0.898 bits per heavy atom. The lowest BCUT2D eigenvalue weighted by molar-refractivity contribution is 1.11. The second-order valence-electron chi connectivity index (χ2n) is 13.1. The molecule has 0 fully saturated rings. The van der Waals surface area contributed by atoms with E-state index in [1.54, 1.807) is 0 Å². The van der Waals surface area contributed by atoms with E-state index in [2.05, 4.69) is 174 Å². The fourth-order valence-electron chi connectivity index (χ4n) is 8.28. The van der Waals surface area contributed by atoms with Gasteiger partial charge in [0.2, 0.25) is 0 Å². The number of nitrogens with zero attached hydrogens (tertiary/aromatic N) is 2. The van der Waals surface area contributed by atoms with Crippen molar-refractivity contribution < 1.29 is 0 Å². The molecule has 1 aliphatic heterocycles. The molecule has 49 heavy (non-hydrogen) atoms. The molecule has 10 aromatic rings.